The van der Waals surface area contributed by atoms with Crippen LogP contribution in [0.5, 0.6) is 0 Å². The highest BCUT2D eigenvalue weighted by atomic mass is 19.3. The van der Waals surface area contributed by atoms with Gasteiger partial charge in [0.05, 0.1) is 17.2 Å². The third-order valence-electron chi connectivity index (χ3n) is 6.25. The van der Waals surface area contributed by atoms with Crippen LogP contribution >= 0.6 is 0 Å². The molecule has 0 aliphatic heterocycles. The summed E-state index contributed by atoms with van der Waals surface area (Å²) in [5, 5.41) is 8.80. The van der Waals surface area contributed by atoms with Crippen LogP contribution in [0.15, 0.2) is 55.1 Å². The molecule has 2 aromatic rings. The van der Waals surface area contributed by atoms with E-state index in [1.807, 2.05) is 6.08 Å². The van der Waals surface area contributed by atoms with Crippen molar-refractivity contribution >= 4 is 0 Å². The third kappa shape index (κ3) is 5.77. The maximum absolute atomic E-state index is 14.7. The highest BCUT2D eigenvalue weighted by Gasteiger charge is 2.35. The second-order valence-corrected chi connectivity index (χ2v) is 8.33. The van der Waals surface area contributed by atoms with Gasteiger partial charge < -0.3 is 4.74 Å². The van der Waals surface area contributed by atoms with Gasteiger partial charge in [0.25, 0.3) is 0 Å². The summed E-state index contributed by atoms with van der Waals surface area (Å²) in [5.74, 6) is 0.395. The van der Waals surface area contributed by atoms with Gasteiger partial charge in [-0.15, -0.1) is 6.58 Å². The molecule has 1 unspecified atom stereocenters. The normalized spacial score (nSPS) is 20.1. The molecule has 2 aromatic carbocycles. The van der Waals surface area contributed by atoms with Crippen molar-refractivity contribution in [3.63, 3.8) is 0 Å². The van der Waals surface area contributed by atoms with Gasteiger partial charge in [0, 0.05) is 0 Å². The van der Waals surface area contributed by atoms with Crippen LogP contribution in [0.1, 0.15) is 79.7 Å². The molecule has 1 atom stereocenters. The van der Waals surface area contributed by atoms with E-state index in [0.29, 0.717) is 5.92 Å². The number of hydrogen-bond acceptors (Lipinski definition) is 2. The van der Waals surface area contributed by atoms with E-state index in [1.165, 1.54) is 37.6 Å². The van der Waals surface area contributed by atoms with E-state index in [9.17, 15) is 13.2 Å². The van der Waals surface area contributed by atoms with Crippen LogP contribution in [0, 0.1) is 23.1 Å². The minimum Gasteiger partial charge on any atom is -0.309 e. The van der Waals surface area contributed by atoms with Crippen LogP contribution in [-0.4, -0.2) is 0 Å². The Hall–Kier alpha value is -2.58. The number of nitriles is 1. The Balaban J connectivity index is 1.62. The molecule has 0 aromatic heterocycles. The first-order valence-electron chi connectivity index (χ1n) is 10.8. The molecule has 1 fully saturated rings. The first-order chi connectivity index (χ1) is 14.8. The Labute approximate surface area is 182 Å². The lowest BCUT2D eigenvalue weighted by atomic mass is 9.77. The number of nitrogens with zero attached hydrogens (tertiary/aromatic N) is 1. The van der Waals surface area contributed by atoms with Crippen LogP contribution in [0.3, 0.4) is 0 Å². The highest BCUT2D eigenvalue weighted by Crippen LogP contribution is 2.39. The van der Waals surface area contributed by atoms with Gasteiger partial charge in [-0.3, -0.25) is 0 Å². The minimum absolute atomic E-state index is 0.131. The summed E-state index contributed by atoms with van der Waals surface area (Å²) in [6, 6.07) is 11.9. The van der Waals surface area contributed by atoms with Crippen molar-refractivity contribution in [2.75, 3.05) is 0 Å². The fourth-order valence-electron chi connectivity index (χ4n) is 4.32. The van der Waals surface area contributed by atoms with E-state index in [4.69, 9.17) is 10.00 Å². The van der Waals surface area contributed by atoms with Crippen LogP contribution in [0.4, 0.5) is 13.2 Å². The summed E-state index contributed by atoms with van der Waals surface area (Å²) < 4.78 is 48.2. The van der Waals surface area contributed by atoms with E-state index in [2.05, 4.69) is 6.58 Å². The Morgan fingerprint density at radius 1 is 1.16 bits per heavy atom. The molecule has 2 nitrogen and oxygen atoms in total. The second-order valence-electron chi connectivity index (χ2n) is 8.33. The first-order valence-corrected chi connectivity index (χ1v) is 10.8. The summed E-state index contributed by atoms with van der Waals surface area (Å²) >= 11 is 0. The zero-order valence-electron chi connectivity index (χ0n) is 17.8. The fourth-order valence-corrected chi connectivity index (χ4v) is 4.32. The highest BCUT2D eigenvalue weighted by molar-refractivity contribution is 5.34. The molecule has 0 spiro atoms. The van der Waals surface area contributed by atoms with Gasteiger partial charge in [0.2, 0.25) is 0 Å². The smallest absolute Gasteiger partial charge is 0.309 e. The number of alkyl halides is 2. The molecule has 0 amide bonds. The van der Waals surface area contributed by atoms with E-state index in [0.717, 1.165) is 49.7 Å². The Morgan fingerprint density at radius 2 is 1.84 bits per heavy atom. The SMILES string of the molecule is C=CCCC1CCC(c2ccc(C(F)(F)OC(C)c3ccc(C#N)c(F)c3)cc2)CC1. The Bertz CT molecular complexity index is 925. The number of rotatable bonds is 8. The molecule has 1 aliphatic carbocycles. The Morgan fingerprint density at radius 3 is 2.42 bits per heavy atom. The standard InChI is InChI=1S/C26H28F3NO/c1-3-4-5-19-6-8-20(9-7-19)21-12-14-24(15-13-21)26(28,29)31-18(2)22-10-11-23(17-30)25(27)16-22/h3,10-16,18-20H,1,4-9H2,2H3. The van der Waals surface area contributed by atoms with E-state index in [-0.39, 0.29) is 16.7 Å². The summed E-state index contributed by atoms with van der Waals surface area (Å²) in [6.07, 6.45) is 4.13. The van der Waals surface area contributed by atoms with E-state index >= 15 is 0 Å². The molecule has 1 aliphatic rings. The van der Waals surface area contributed by atoms with Crippen molar-refractivity contribution in [1.29, 1.82) is 5.26 Å². The maximum Gasteiger partial charge on any atom is 0.383 e. The van der Waals surface area contributed by atoms with Crippen molar-refractivity contribution in [3.05, 3.63) is 83.2 Å². The van der Waals surface area contributed by atoms with Gasteiger partial charge in [0.15, 0.2) is 0 Å². The summed E-state index contributed by atoms with van der Waals surface area (Å²) in [7, 11) is 0. The molecule has 0 bridgehead atoms. The fraction of sp³-hybridized carbons (Fsp3) is 0.423. The van der Waals surface area contributed by atoms with Gasteiger partial charge in [-0.05, 0) is 80.5 Å². The summed E-state index contributed by atoms with van der Waals surface area (Å²) in [4.78, 5) is 0. The molecule has 5 heteroatoms. The van der Waals surface area contributed by atoms with Crippen molar-refractivity contribution in [3.8, 4) is 6.07 Å². The van der Waals surface area contributed by atoms with Crippen molar-refractivity contribution < 1.29 is 17.9 Å². The molecule has 3 rings (SSSR count). The number of halogens is 3. The van der Waals surface area contributed by atoms with Gasteiger partial charge in [-0.2, -0.15) is 14.0 Å². The van der Waals surface area contributed by atoms with Crippen LogP contribution in [0.25, 0.3) is 0 Å². The minimum atomic E-state index is -3.51. The largest absolute Gasteiger partial charge is 0.383 e. The zero-order valence-corrected chi connectivity index (χ0v) is 17.8. The lowest BCUT2D eigenvalue weighted by molar-refractivity contribution is -0.272. The number of allylic oxidation sites excluding steroid dienone is 1. The average molecular weight is 428 g/mol. The van der Waals surface area contributed by atoms with Gasteiger partial charge in [-0.25, -0.2) is 4.39 Å². The molecule has 31 heavy (non-hydrogen) atoms. The quantitative estimate of drug-likeness (QED) is 0.403. The van der Waals surface area contributed by atoms with Gasteiger partial charge in [-0.1, -0.05) is 36.4 Å². The first kappa shape index (κ1) is 23.1. The molecular formula is C26H28F3NO. The molecular weight excluding hydrogens is 399 g/mol. The summed E-state index contributed by atoms with van der Waals surface area (Å²) in [6.45, 7) is 5.22. The predicted molar refractivity (Wildman–Crippen MR) is 115 cm³/mol. The predicted octanol–water partition coefficient (Wildman–Crippen LogP) is 7.76. The lowest BCUT2D eigenvalue weighted by Gasteiger charge is -2.29. The maximum atomic E-state index is 14.7. The average Bonchev–Trinajstić information content (AvgIpc) is 2.77. The lowest BCUT2D eigenvalue weighted by Crippen LogP contribution is -2.21. The van der Waals surface area contributed by atoms with Crippen molar-refractivity contribution in [1.82, 2.24) is 0 Å². The zero-order chi connectivity index (χ0) is 22.4. The molecule has 0 heterocycles. The number of benzene rings is 2. The molecule has 164 valence electrons. The van der Waals surface area contributed by atoms with Crippen LogP contribution in [0.2, 0.25) is 0 Å². The number of hydrogen-bond donors (Lipinski definition) is 0. The monoisotopic (exact) mass is 427 g/mol. The van der Waals surface area contributed by atoms with Crippen LogP contribution < -0.4 is 0 Å². The molecule has 0 saturated heterocycles. The molecule has 1 saturated carbocycles. The van der Waals surface area contributed by atoms with Crippen LogP contribution in [-0.2, 0) is 10.8 Å². The molecule has 0 radical (unpaired) electrons. The van der Waals surface area contributed by atoms with Crippen molar-refractivity contribution in [2.24, 2.45) is 5.92 Å². The topological polar surface area (TPSA) is 33.0 Å². The Kier molecular flexibility index (Phi) is 7.56. The number of ether oxygens (including phenoxy) is 1. The van der Waals surface area contributed by atoms with Crippen molar-refractivity contribution in [2.45, 2.75) is 63.6 Å². The van der Waals surface area contributed by atoms with Gasteiger partial charge >= 0.3 is 6.11 Å². The third-order valence-corrected chi connectivity index (χ3v) is 6.25. The molecule has 0 N–H and O–H groups in total. The summed E-state index contributed by atoms with van der Waals surface area (Å²) in [5.41, 5.74) is 0.981. The van der Waals surface area contributed by atoms with Gasteiger partial charge in [0.1, 0.15) is 11.9 Å². The second kappa shape index (κ2) is 10.2. The van der Waals surface area contributed by atoms with E-state index < -0.39 is 18.0 Å². The van der Waals surface area contributed by atoms with E-state index in [1.54, 1.807) is 18.2 Å².